The van der Waals surface area contributed by atoms with Crippen molar-refractivity contribution >= 4 is 5.97 Å². The monoisotopic (exact) mass is 266 g/mol. The number of esters is 1. The van der Waals surface area contributed by atoms with Gasteiger partial charge in [0.25, 0.3) is 0 Å². The summed E-state index contributed by atoms with van der Waals surface area (Å²) in [5.74, 6) is 2.66. The van der Waals surface area contributed by atoms with Crippen LogP contribution in [0.4, 0.5) is 0 Å². The SMILES string of the molecule is COC(=O)C1C(C)C2CC1C1C3CC(C(O)C3O)C21. The molecule has 4 rings (SSSR count). The standard InChI is InChI=1S/C15H22O4/c1-5-6-3-7(10(5)15(18)19-2)12-9-4-8(11(6)12)13(16)14(9)17/h5-14,16-17H,3-4H2,1-2H3. The third-order valence-electron chi connectivity index (χ3n) is 6.91. The zero-order valence-electron chi connectivity index (χ0n) is 11.4. The Hall–Kier alpha value is -0.610. The number of ether oxygens (including phenoxy) is 1. The summed E-state index contributed by atoms with van der Waals surface area (Å²) >= 11 is 0. The van der Waals surface area contributed by atoms with E-state index in [0.717, 1.165) is 12.8 Å². The van der Waals surface area contributed by atoms with E-state index in [0.29, 0.717) is 29.6 Å². The quantitative estimate of drug-likeness (QED) is 0.540. The van der Waals surface area contributed by atoms with Crippen LogP contribution < -0.4 is 0 Å². The summed E-state index contributed by atoms with van der Waals surface area (Å²) in [6.45, 7) is 2.16. The van der Waals surface area contributed by atoms with E-state index in [4.69, 9.17) is 4.74 Å². The van der Waals surface area contributed by atoms with Crippen molar-refractivity contribution in [3.8, 4) is 0 Å². The minimum atomic E-state index is -0.570. The Kier molecular flexibility index (Phi) is 2.39. The molecule has 0 heterocycles. The topological polar surface area (TPSA) is 66.8 Å². The number of methoxy groups -OCH3 is 1. The summed E-state index contributed by atoms with van der Waals surface area (Å²) in [6, 6.07) is 0. The zero-order chi connectivity index (χ0) is 13.5. The van der Waals surface area contributed by atoms with Crippen molar-refractivity contribution in [3.63, 3.8) is 0 Å². The molecule has 4 fully saturated rings. The van der Waals surface area contributed by atoms with Crippen LogP contribution in [0.1, 0.15) is 19.8 Å². The maximum absolute atomic E-state index is 12.0. The van der Waals surface area contributed by atoms with Gasteiger partial charge in [-0.3, -0.25) is 4.79 Å². The lowest BCUT2D eigenvalue weighted by molar-refractivity contribution is -0.154. The first-order chi connectivity index (χ1) is 9.06. The summed E-state index contributed by atoms with van der Waals surface area (Å²) in [7, 11) is 1.47. The first-order valence-electron chi connectivity index (χ1n) is 7.50. The van der Waals surface area contributed by atoms with Gasteiger partial charge in [0.1, 0.15) is 0 Å². The Bertz CT molecular complexity index is 422. The molecule has 10 unspecified atom stereocenters. The van der Waals surface area contributed by atoms with Crippen LogP contribution in [0.25, 0.3) is 0 Å². The second-order valence-corrected chi connectivity index (χ2v) is 7.17. The highest BCUT2D eigenvalue weighted by molar-refractivity contribution is 5.74. The number of aliphatic hydroxyl groups is 2. The molecule has 4 aliphatic carbocycles. The third-order valence-corrected chi connectivity index (χ3v) is 6.91. The molecular formula is C15H22O4. The number of rotatable bonds is 1. The Morgan fingerprint density at radius 3 is 2.11 bits per heavy atom. The molecule has 19 heavy (non-hydrogen) atoms. The van der Waals surface area contributed by atoms with Gasteiger partial charge in [-0.1, -0.05) is 6.92 Å². The Balaban J connectivity index is 1.68. The normalized spacial score (nSPS) is 61.5. The Morgan fingerprint density at radius 1 is 1.00 bits per heavy atom. The number of carbonyl (C=O) groups is 1. The van der Waals surface area contributed by atoms with Crippen molar-refractivity contribution in [1.29, 1.82) is 0 Å². The molecule has 4 heteroatoms. The molecule has 0 amide bonds. The second kappa shape index (κ2) is 3.73. The van der Waals surface area contributed by atoms with Crippen molar-refractivity contribution in [2.75, 3.05) is 7.11 Å². The number of hydrogen-bond donors (Lipinski definition) is 2. The van der Waals surface area contributed by atoms with Gasteiger partial charge in [0, 0.05) is 0 Å². The first-order valence-corrected chi connectivity index (χ1v) is 7.50. The third kappa shape index (κ3) is 1.25. The molecule has 10 atom stereocenters. The molecule has 106 valence electrons. The smallest absolute Gasteiger partial charge is 0.309 e. The summed E-state index contributed by atoms with van der Waals surface area (Å²) in [5.41, 5.74) is 0. The van der Waals surface area contributed by atoms with Crippen LogP contribution in [-0.4, -0.2) is 35.5 Å². The minimum Gasteiger partial charge on any atom is -0.469 e. The minimum absolute atomic E-state index is 0.0138. The van der Waals surface area contributed by atoms with Crippen LogP contribution in [0.3, 0.4) is 0 Å². The summed E-state index contributed by atoms with van der Waals surface area (Å²) in [5, 5.41) is 20.3. The number of carbonyl (C=O) groups excluding carboxylic acids is 1. The molecule has 0 aliphatic heterocycles. The van der Waals surface area contributed by atoms with Gasteiger partial charge in [0.2, 0.25) is 0 Å². The van der Waals surface area contributed by atoms with Gasteiger partial charge in [-0.2, -0.15) is 0 Å². The predicted octanol–water partition coefficient (Wildman–Crippen LogP) is 0.665. The van der Waals surface area contributed by atoms with Crippen molar-refractivity contribution < 1.29 is 19.7 Å². The van der Waals surface area contributed by atoms with E-state index >= 15 is 0 Å². The molecular weight excluding hydrogens is 244 g/mol. The molecule has 2 N–H and O–H groups in total. The number of fused-ring (bicyclic) bond motifs is 9. The van der Waals surface area contributed by atoms with Gasteiger partial charge in [0.05, 0.1) is 25.2 Å². The van der Waals surface area contributed by atoms with E-state index in [1.54, 1.807) is 0 Å². The fourth-order valence-corrected chi connectivity index (χ4v) is 6.41. The van der Waals surface area contributed by atoms with Gasteiger partial charge in [-0.15, -0.1) is 0 Å². The fourth-order valence-electron chi connectivity index (χ4n) is 6.41. The lowest BCUT2D eigenvalue weighted by atomic mass is 9.62. The Morgan fingerprint density at radius 2 is 1.53 bits per heavy atom. The van der Waals surface area contributed by atoms with Gasteiger partial charge < -0.3 is 14.9 Å². The van der Waals surface area contributed by atoms with Crippen LogP contribution in [0.15, 0.2) is 0 Å². The molecule has 4 aliphatic rings. The highest BCUT2D eigenvalue weighted by Crippen LogP contribution is 2.70. The maximum atomic E-state index is 12.0. The molecule has 0 saturated heterocycles. The zero-order valence-corrected chi connectivity index (χ0v) is 11.4. The molecule has 0 spiro atoms. The van der Waals surface area contributed by atoms with E-state index in [2.05, 4.69) is 6.92 Å². The average molecular weight is 266 g/mol. The first kappa shape index (κ1) is 12.2. The van der Waals surface area contributed by atoms with Crippen molar-refractivity contribution in [2.45, 2.75) is 32.0 Å². The van der Waals surface area contributed by atoms with E-state index in [1.807, 2.05) is 0 Å². The van der Waals surface area contributed by atoms with Crippen molar-refractivity contribution in [3.05, 3.63) is 0 Å². The van der Waals surface area contributed by atoms with E-state index < -0.39 is 12.2 Å². The summed E-state index contributed by atoms with van der Waals surface area (Å²) in [4.78, 5) is 12.0. The maximum Gasteiger partial charge on any atom is 0.309 e. The average Bonchev–Trinajstić information content (AvgIpc) is 3.08. The summed E-state index contributed by atoms with van der Waals surface area (Å²) in [6.07, 6.45) is 0.933. The molecule has 4 bridgehead atoms. The van der Waals surface area contributed by atoms with Gasteiger partial charge in [-0.05, 0) is 54.3 Å². The van der Waals surface area contributed by atoms with Gasteiger partial charge >= 0.3 is 5.97 Å². The second-order valence-electron chi connectivity index (χ2n) is 7.17. The molecule has 0 aromatic rings. The number of aliphatic hydroxyl groups excluding tert-OH is 2. The highest BCUT2D eigenvalue weighted by Gasteiger charge is 2.70. The van der Waals surface area contributed by atoms with E-state index in [-0.39, 0.29) is 23.7 Å². The van der Waals surface area contributed by atoms with Crippen LogP contribution in [0.5, 0.6) is 0 Å². The molecule has 0 radical (unpaired) electrons. The van der Waals surface area contributed by atoms with Crippen LogP contribution in [0, 0.1) is 47.3 Å². The van der Waals surface area contributed by atoms with Gasteiger partial charge in [0.15, 0.2) is 0 Å². The largest absolute Gasteiger partial charge is 0.469 e. The van der Waals surface area contributed by atoms with Crippen LogP contribution in [0.2, 0.25) is 0 Å². The lowest BCUT2D eigenvalue weighted by Gasteiger charge is -2.44. The van der Waals surface area contributed by atoms with E-state index in [9.17, 15) is 15.0 Å². The molecule has 0 aromatic carbocycles. The Labute approximate surface area is 113 Å². The van der Waals surface area contributed by atoms with Crippen molar-refractivity contribution in [2.24, 2.45) is 47.3 Å². The lowest BCUT2D eigenvalue weighted by Crippen LogP contribution is -2.48. The summed E-state index contributed by atoms with van der Waals surface area (Å²) < 4.78 is 4.98. The number of hydrogen-bond acceptors (Lipinski definition) is 4. The molecule has 4 saturated carbocycles. The predicted molar refractivity (Wildman–Crippen MR) is 66.9 cm³/mol. The van der Waals surface area contributed by atoms with Gasteiger partial charge in [-0.25, -0.2) is 0 Å². The van der Waals surface area contributed by atoms with E-state index in [1.165, 1.54) is 7.11 Å². The highest BCUT2D eigenvalue weighted by atomic mass is 16.5. The molecule has 0 aromatic heterocycles. The van der Waals surface area contributed by atoms with Crippen LogP contribution in [-0.2, 0) is 9.53 Å². The molecule has 4 nitrogen and oxygen atoms in total. The van der Waals surface area contributed by atoms with Crippen LogP contribution >= 0.6 is 0 Å². The van der Waals surface area contributed by atoms with Crippen molar-refractivity contribution in [1.82, 2.24) is 0 Å². The fraction of sp³-hybridized carbons (Fsp3) is 0.933.